The number of benzene rings is 1. The quantitative estimate of drug-likeness (QED) is 0.188. The highest BCUT2D eigenvalue weighted by molar-refractivity contribution is 7.79. The molecule has 1 rings (SSSR count). The predicted octanol–water partition coefficient (Wildman–Crippen LogP) is 1.37. The summed E-state index contributed by atoms with van der Waals surface area (Å²) in [5.74, 6) is -1.78. The molecule has 27 heavy (non-hydrogen) atoms. The first kappa shape index (κ1) is 22.0. The number of esters is 2. The zero-order valence-corrected chi connectivity index (χ0v) is 15.0. The molecule has 0 radical (unpaired) electrons. The molecule has 0 fully saturated rings. The van der Waals surface area contributed by atoms with Crippen LogP contribution in [0.4, 0.5) is 0 Å². The molecule has 0 aromatic heterocycles. The Morgan fingerprint density at radius 3 is 2.19 bits per heavy atom. The van der Waals surface area contributed by atoms with Crippen LogP contribution in [0.25, 0.3) is 0 Å². The van der Waals surface area contributed by atoms with Crippen molar-refractivity contribution < 1.29 is 38.9 Å². The molecule has 0 unspecified atom stereocenters. The minimum atomic E-state index is -1.09. The van der Waals surface area contributed by atoms with Gasteiger partial charge in [0.15, 0.2) is 0 Å². The van der Waals surface area contributed by atoms with Crippen LogP contribution in [0, 0.1) is 26.1 Å². The second kappa shape index (κ2) is 10.8. The maximum Gasteiger partial charge on any atom is 0.311 e. The van der Waals surface area contributed by atoms with E-state index in [2.05, 4.69) is 22.3 Å². The summed E-state index contributed by atoms with van der Waals surface area (Å²) in [7, 11) is 0. The number of thiol groups is 1. The Kier molecular flexibility index (Phi) is 8.78. The lowest BCUT2D eigenvalue weighted by atomic mass is 10.1. The van der Waals surface area contributed by atoms with Crippen molar-refractivity contribution in [1.82, 2.24) is 0 Å². The Morgan fingerprint density at radius 2 is 1.70 bits per heavy atom. The molecule has 0 bridgehead atoms. The monoisotopic (exact) mass is 404 g/mol. The van der Waals surface area contributed by atoms with Crippen LogP contribution in [0.3, 0.4) is 0 Å². The van der Waals surface area contributed by atoms with E-state index in [-0.39, 0.29) is 17.3 Å². The number of ether oxygens (including phenoxy) is 2. The van der Waals surface area contributed by atoms with Crippen molar-refractivity contribution in [3.8, 4) is 11.5 Å². The summed E-state index contributed by atoms with van der Waals surface area (Å²) in [6.45, 7) is 0.0654. The summed E-state index contributed by atoms with van der Waals surface area (Å²) in [5, 5.41) is 18.3. The first-order valence-corrected chi connectivity index (χ1v) is 8.02. The lowest BCUT2D eigenvalue weighted by molar-refractivity contribution is -0.768. The summed E-state index contributed by atoms with van der Waals surface area (Å²) in [5.41, 5.74) is 0.449. The van der Waals surface area contributed by atoms with Crippen molar-refractivity contribution in [3.05, 3.63) is 44.0 Å². The molecule has 0 amide bonds. The molecule has 0 aliphatic heterocycles. The Labute approximate surface area is 157 Å². The van der Waals surface area contributed by atoms with Gasteiger partial charge in [0, 0.05) is 24.2 Å². The zero-order valence-electron chi connectivity index (χ0n) is 14.1. The summed E-state index contributed by atoms with van der Waals surface area (Å²) < 4.78 is 10.1. The van der Waals surface area contributed by atoms with Crippen LogP contribution < -0.4 is 9.47 Å². The summed E-state index contributed by atoms with van der Waals surface area (Å²) in [4.78, 5) is 51.8. The van der Waals surface area contributed by atoms with Gasteiger partial charge in [-0.05, 0) is 18.2 Å². The number of carbonyl (C=O) groups excluding carboxylic acids is 2. The largest absolute Gasteiger partial charge is 0.427 e. The smallest absolute Gasteiger partial charge is 0.311 e. The van der Waals surface area contributed by atoms with Gasteiger partial charge >= 0.3 is 11.9 Å². The third-order valence-electron chi connectivity index (χ3n) is 2.97. The SMILES string of the molecule is CC(=O)Oc1ccc(OC(=O)CC(CO[N+](=O)[O-])CO[N+](=O)[O-])c(CS)c1. The third-order valence-corrected chi connectivity index (χ3v) is 3.31. The molecular weight excluding hydrogens is 388 g/mol. The maximum absolute atomic E-state index is 12.1. The van der Waals surface area contributed by atoms with E-state index < -0.39 is 47.7 Å². The van der Waals surface area contributed by atoms with E-state index in [4.69, 9.17) is 9.47 Å². The standard InChI is InChI=1S/C14H16N2O10S/c1-9(17)25-12-2-3-13(11(5-12)8-27)26-14(18)4-10(6-23-15(19)20)7-24-16(21)22/h2-3,5,10,27H,4,6-8H2,1H3. The van der Waals surface area contributed by atoms with E-state index in [1.165, 1.54) is 25.1 Å². The van der Waals surface area contributed by atoms with Crippen LogP contribution in [0.2, 0.25) is 0 Å². The molecule has 12 nitrogen and oxygen atoms in total. The van der Waals surface area contributed by atoms with Crippen LogP contribution in [-0.2, 0) is 25.0 Å². The summed E-state index contributed by atoms with van der Waals surface area (Å²) >= 11 is 4.10. The first-order chi connectivity index (χ1) is 12.7. The van der Waals surface area contributed by atoms with Gasteiger partial charge in [-0.3, -0.25) is 9.59 Å². The van der Waals surface area contributed by atoms with Gasteiger partial charge in [-0.2, -0.15) is 12.6 Å². The van der Waals surface area contributed by atoms with Crippen LogP contribution in [0.15, 0.2) is 18.2 Å². The number of carbonyl (C=O) groups is 2. The second-order valence-electron chi connectivity index (χ2n) is 5.10. The summed E-state index contributed by atoms with van der Waals surface area (Å²) in [6.07, 6.45) is -0.431. The molecule has 0 heterocycles. The lowest BCUT2D eigenvalue weighted by Gasteiger charge is -2.15. The van der Waals surface area contributed by atoms with Crippen LogP contribution in [0.5, 0.6) is 11.5 Å². The van der Waals surface area contributed by atoms with Gasteiger partial charge in [-0.25, -0.2) is 0 Å². The Balaban J connectivity index is 2.77. The Bertz CT molecular complexity index is 693. The molecule has 0 saturated carbocycles. The molecule has 0 saturated heterocycles. The van der Waals surface area contributed by atoms with E-state index in [0.29, 0.717) is 5.56 Å². The van der Waals surface area contributed by atoms with Gasteiger partial charge in [0.1, 0.15) is 24.7 Å². The minimum Gasteiger partial charge on any atom is -0.427 e. The van der Waals surface area contributed by atoms with Gasteiger partial charge in [-0.15, -0.1) is 20.2 Å². The molecule has 0 atom stereocenters. The first-order valence-electron chi connectivity index (χ1n) is 7.38. The highest BCUT2D eigenvalue weighted by Gasteiger charge is 2.20. The lowest BCUT2D eigenvalue weighted by Crippen LogP contribution is -2.25. The molecule has 148 valence electrons. The van der Waals surface area contributed by atoms with Gasteiger partial charge in [0.25, 0.3) is 10.2 Å². The second-order valence-corrected chi connectivity index (χ2v) is 5.42. The number of hydrogen-bond donors (Lipinski definition) is 1. The predicted molar refractivity (Wildman–Crippen MR) is 90.1 cm³/mol. The number of rotatable bonds is 11. The van der Waals surface area contributed by atoms with E-state index in [1.54, 1.807) is 0 Å². The van der Waals surface area contributed by atoms with Crippen molar-refractivity contribution in [1.29, 1.82) is 0 Å². The van der Waals surface area contributed by atoms with Gasteiger partial charge in [-0.1, -0.05) is 0 Å². The zero-order chi connectivity index (χ0) is 20.4. The molecule has 13 heteroatoms. The van der Waals surface area contributed by atoms with E-state index in [1.807, 2.05) is 0 Å². The fraction of sp³-hybridized carbons (Fsp3) is 0.429. The van der Waals surface area contributed by atoms with Crippen molar-refractivity contribution in [2.45, 2.75) is 19.1 Å². The fourth-order valence-electron chi connectivity index (χ4n) is 1.91. The molecule has 0 spiro atoms. The van der Waals surface area contributed by atoms with E-state index in [9.17, 15) is 29.8 Å². The molecule has 0 aliphatic rings. The van der Waals surface area contributed by atoms with Crippen LogP contribution in [0.1, 0.15) is 18.9 Å². The maximum atomic E-state index is 12.1. The Hall–Kier alpha value is -3.09. The van der Waals surface area contributed by atoms with Gasteiger partial charge < -0.3 is 19.1 Å². The minimum absolute atomic E-state index is 0.134. The molecule has 1 aromatic carbocycles. The Morgan fingerprint density at radius 1 is 1.11 bits per heavy atom. The molecule has 0 N–H and O–H groups in total. The molecular formula is C14H16N2O10S. The van der Waals surface area contributed by atoms with Crippen LogP contribution in [-0.4, -0.2) is 35.3 Å². The van der Waals surface area contributed by atoms with Gasteiger partial charge in [0.2, 0.25) is 0 Å². The van der Waals surface area contributed by atoms with Gasteiger partial charge in [0.05, 0.1) is 6.42 Å². The normalized spacial score (nSPS) is 10.2. The fourth-order valence-corrected chi connectivity index (χ4v) is 2.15. The molecule has 1 aromatic rings. The van der Waals surface area contributed by atoms with Crippen LogP contribution >= 0.6 is 12.6 Å². The topological polar surface area (TPSA) is 157 Å². The van der Waals surface area contributed by atoms with Crippen molar-refractivity contribution >= 4 is 24.6 Å². The average Bonchev–Trinajstić information content (AvgIpc) is 2.57. The van der Waals surface area contributed by atoms with Crippen molar-refractivity contribution in [2.24, 2.45) is 5.92 Å². The highest BCUT2D eigenvalue weighted by Crippen LogP contribution is 2.26. The van der Waals surface area contributed by atoms with E-state index in [0.717, 1.165) is 0 Å². The third kappa shape index (κ3) is 8.71. The number of hydrogen-bond acceptors (Lipinski definition) is 11. The average molecular weight is 404 g/mol. The van der Waals surface area contributed by atoms with Crippen molar-refractivity contribution in [3.63, 3.8) is 0 Å². The molecule has 0 aliphatic carbocycles. The van der Waals surface area contributed by atoms with Crippen molar-refractivity contribution in [2.75, 3.05) is 13.2 Å². The number of nitrogens with zero attached hydrogens (tertiary/aromatic N) is 2. The van der Waals surface area contributed by atoms with E-state index >= 15 is 0 Å². The summed E-state index contributed by atoms with van der Waals surface area (Å²) in [6, 6.07) is 4.25. The highest BCUT2D eigenvalue weighted by atomic mass is 32.1.